The highest BCUT2D eigenvalue weighted by atomic mass is 19.4. The van der Waals surface area contributed by atoms with E-state index in [-0.39, 0.29) is 17.5 Å². The number of benzene rings is 1. The van der Waals surface area contributed by atoms with E-state index in [1.165, 1.54) is 0 Å². The Labute approximate surface area is 107 Å². The summed E-state index contributed by atoms with van der Waals surface area (Å²) in [5, 5.41) is 4.42. The number of anilines is 1. The van der Waals surface area contributed by atoms with Crippen molar-refractivity contribution in [3.63, 3.8) is 0 Å². The predicted molar refractivity (Wildman–Crippen MR) is 61.3 cm³/mol. The Morgan fingerprint density at radius 1 is 1.11 bits per heavy atom. The highest BCUT2D eigenvalue weighted by Crippen LogP contribution is 2.30. The lowest BCUT2D eigenvalue weighted by atomic mass is 10.2. The summed E-state index contributed by atoms with van der Waals surface area (Å²) < 4.78 is 36.9. The Bertz CT molecular complexity index is 493. The van der Waals surface area contributed by atoms with Crippen LogP contribution in [0.1, 0.15) is 18.4 Å². The molecule has 102 valence electrons. The van der Waals surface area contributed by atoms with Crippen molar-refractivity contribution in [3.05, 3.63) is 29.8 Å². The molecule has 0 bridgehead atoms. The van der Waals surface area contributed by atoms with Gasteiger partial charge < -0.3 is 5.32 Å². The third-order valence-electron chi connectivity index (χ3n) is 2.65. The number of rotatable bonds is 2. The maximum absolute atomic E-state index is 12.3. The number of carbonyl (C=O) groups is 2. The van der Waals surface area contributed by atoms with Gasteiger partial charge in [0.25, 0.3) is 0 Å². The fraction of sp³-hybridized carbons (Fsp3) is 0.333. The molecule has 7 heteroatoms. The second kappa shape index (κ2) is 4.91. The number of amides is 3. The third kappa shape index (κ3) is 3.70. The fourth-order valence-corrected chi connectivity index (χ4v) is 1.46. The quantitative estimate of drug-likeness (QED) is 0.869. The van der Waals surface area contributed by atoms with Crippen LogP contribution in [0.25, 0.3) is 0 Å². The molecular formula is C12H11F3N2O2. The summed E-state index contributed by atoms with van der Waals surface area (Å²) in [6.07, 6.45) is -2.89. The summed E-state index contributed by atoms with van der Waals surface area (Å²) in [5.74, 6) is -0.470. The van der Waals surface area contributed by atoms with E-state index in [0.717, 1.165) is 37.1 Å². The zero-order valence-electron chi connectivity index (χ0n) is 9.75. The van der Waals surface area contributed by atoms with Crippen molar-refractivity contribution in [3.8, 4) is 0 Å². The molecule has 0 heterocycles. The largest absolute Gasteiger partial charge is 0.416 e. The second-order valence-electron chi connectivity index (χ2n) is 4.29. The molecule has 19 heavy (non-hydrogen) atoms. The van der Waals surface area contributed by atoms with Gasteiger partial charge in [0.2, 0.25) is 5.91 Å². The first-order valence-corrected chi connectivity index (χ1v) is 5.65. The first-order chi connectivity index (χ1) is 8.86. The molecule has 2 rings (SSSR count). The van der Waals surface area contributed by atoms with Gasteiger partial charge in [0, 0.05) is 11.6 Å². The Morgan fingerprint density at radius 2 is 1.68 bits per heavy atom. The van der Waals surface area contributed by atoms with E-state index in [1.807, 2.05) is 0 Å². The molecule has 1 aromatic rings. The summed E-state index contributed by atoms with van der Waals surface area (Å²) in [7, 11) is 0. The molecule has 0 aromatic heterocycles. The van der Waals surface area contributed by atoms with Gasteiger partial charge in [-0.15, -0.1) is 0 Å². The number of imide groups is 1. The molecule has 1 fully saturated rings. The lowest BCUT2D eigenvalue weighted by molar-refractivity contribution is -0.137. The Morgan fingerprint density at radius 3 is 2.16 bits per heavy atom. The number of hydrogen-bond acceptors (Lipinski definition) is 2. The van der Waals surface area contributed by atoms with E-state index in [2.05, 4.69) is 10.6 Å². The van der Waals surface area contributed by atoms with E-state index in [1.54, 1.807) is 0 Å². The summed E-state index contributed by atoms with van der Waals surface area (Å²) in [4.78, 5) is 22.6. The number of alkyl halides is 3. The summed E-state index contributed by atoms with van der Waals surface area (Å²) in [6.45, 7) is 0. The average molecular weight is 272 g/mol. The topological polar surface area (TPSA) is 58.2 Å². The molecule has 0 aliphatic heterocycles. The lowest BCUT2D eigenvalue weighted by Crippen LogP contribution is -2.35. The van der Waals surface area contributed by atoms with Gasteiger partial charge in [-0.25, -0.2) is 4.79 Å². The second-order valence-corrected chi connectivity index (χ2v) is 4.29. The monoisotopic (exact) mass is 272 g/mol. The van der Waals surface area contributed by atoms with E-state index in [4.69, 9.17) is 0 Å². The first kappa shape index (κ1) is 13.4. The summed E-state index contributed by atoms with van der Waals surface area (Å²) in [6, 6.07) is 3.24. The molecule has 0 saturated heterocycles. The lowest BCUT2D eigenvalue weighted by Gasteiger charge is -2.09. The van der Waals surface area contributed by atoms with Crippen molar-refractivity contribution in [2.75, 3.05) is 5.32 Å². The molecule has 1 aliphatic carbocycles. The number of halogens is 3. The van der Waals surface area contributed by atoms with Crippen LogP contribution >= 0.6 is 0 Å². The minimum absolute atomic E-state index is 0.113. The molecule has 2 N–H and O–H groups in total. The van der Waals surface area contributed by atoms with Gasteiger partial charge in [0.05, 0.1) is 5.56 Å². The van der Waals surface area contributed by atoms with Gasteiger partial charge in [-0.3, -0.25) is 10.1 Å². The Balaban J connectivity index is 1.91. The molecule has 3 amide bonds. The van der Waals surface area contributed by atoms with E-state index in [9.17, 15) is 22.8 Å². The van der Waals surface area contributed by atoms with Crippen molar-refractivity contribution in [2.24, 2.45) is 5.92 Å². The van der Waals surface area contributed by atoms with Gasteiger partial charge in [0.15, 0.2) is 0 Å². The first-order valence-electron chi connectivity index (χ1n) is 5.65. The number of carbonyl (C=O) groups excluding carboxylic acids is 2. The molecule has 0 spiro atoms. The van der Waals surface area contributed by atoms with Crippen LogP contribution in [0.15, 0.2) is 24.3 Å². The summed E-state index contributed by atoms with van der Waals surface area (Å²) >= 11 is 0. The molecule has 4 nitrogen and oxygen atoms in total. The van der Waals surface area contributed by atoms with Gasteiger partial charge in [0.1, 0.15) is 0 Å². The highest BCUT2D eigenvalue weighted by Gasteiger charge is 2.31. The number of urea groups is 1. The molecule has 0 atom stereocenters. The molecule has 0 radical (unpaired) electrons. The van der Waals surface area contributed by atoms with Gasteiger partial charge in [-0.05, 0) is 37.1 Å². The maximum atomic E-state index is 12.3. The highest BCUT2D eigenvalue weighted by molar-refractivity contribution is 6.02. The van der Waals surface area contributed by atoms with Crippen LogP contribution in [0.3, 0.4) is 0 Å². The van der Waals surface area contributed by atoms with Crippen molar-refractivity contribution in [2.45, 2.75) is 19.0 Å². The van der Waals surface area contributed by atoms with Crippen LogP contribution in [0.5, 0.6) is 0 Å². The van der Waals surface area contributed by atoms with Gasteiger partial charge >= 0.3 is 12.2 Å². The normalized spacial score (nSPS) is 14.9. The zero-order chi connectivity index (χ0) is 14.0. The minimum Gasteiger partial charge on any atom is -0.308 e. The van der Waals surface area contributed by atoms with E-state index < -0.39 is 17.8 Å². The van der Waals surface area contributed by atoms with Gasteiger partial charge in [-0.1, -0.05) is 0 Å². The SMILES string of the molecule is O=C(NC(=O)C1CC1)Nc1ccc(C(F)(F)F)cc1. The molecule has 1 aromatic carbocycles. The standard InChI is InChI=1S/C12H11F3N2O2/c13-12(14,15)8-3-5-9(6-4-8)16-11(19)17-10(18)7-1-2-7/h3-7H,1-2H2,(H2,16,17,18,19). The molecule has 1 saturated carbocycles. The van der Waals surface area contributed by atoms with Crippen LogP contribution in [0.2, 0.25) is 0 Å². The third-order valence-corrected chi connectivity index (χ3v) is 2.65. The predicted octanol–water partition coefficient (Wildman–Crippen LogP) is 2.76. The van der Waals surface area contributed by atoms with Gasteiger partial charge in [-0.2, -0.15) is 13.2 Å². The van der Waals surface area contributed by atoms with Crippen molar-refractivity contribution in [1.29, 1.82) is 0 Å². The molecule has 1 aliphatic rings. The zero-order valence-corrected chi connectivity index (χ0v) is 9.75. The molecule has 0 unspecified atom stereocenters. The average Bonchev–Trinajstić information content (AvgIpc) is 3.11. The van der Waals surface area contributed by atoms with Crippen molar-refractivity contribution in [1.82, 2.24) is 5.32 Å². The smallest absolute Gasteiger partial charge is 0.308 e. The van der Waals surface area contributed by atoms with Crippen LogP contribution < -0.4 is 10.6 Å². The summed E-state index contributed by atoms with van der Waals surface area (Å²) in [5.41, 5.74) is -0.610. The molecular weight excluding hydrogens is 261 g/mol. The Hall–Kier alpha value is -2.05. The van der Waals surface area contributed by atoms with Crippen LogP contribution in [-0.4, -0.2) is 11.9 Å². The number of nitrogens with one attached hydrogen (secondary N) is 2. The van der Waals surface area contributed by atoms with Crippen LogP contribution in [0, 0.1) is 5.92 Å². The van der Waals surface area contributed by atoms with E-state index in [0.29, 0.717) is 0 Å². The fourth-order valence-electron chi connectivity index (χ4n) is 1.46. The van der Waals surface area contributed by atoms with Crippen molar-refractivity contribution < 1.29 is 22.8 Å². The Kier molecular flexibility index (Phi) is 3.46. The maximum Gasteiger partial charge on any atom is 0.416 e. The van der Waals surface area contributed by atoms with Crippen LogP contribution in [-0.2, 0) is 11.0 Å². The van der Waals surface area contributed by atoms with E-state index >= 15 is 0 Å². The van der Waals surface area contributed by atoms with Crippen molar-refractivity contribution >= 4 is 17.6 Å². The number of hydrogen-bond donors (Lipinski definition) is 2. The minimum atomic E-state index is -4.41. The van der Waals surface area contributed by atoms with Crippen LogP contribution in [0.4, 0.5) is 23.7 Å².